The summed E-state index contributed by atoms with van der Waals surface area (Å²) < 4.78 is 0. The Balaban J connectivity index is 3.55. The lowest BCUT2D eigenvalue weighted by molar-refractivity contribution is 0.252. The van der Waals surface area contributed by atoms with Crippen LogP contribution < -0.4 is 5.73 Å². The van der Waals surface area contributed by atoms with Crippen molar-refractivity contribution in [3.8, 4) is 0 Å². The SMILES string of the molecule is CC(C)C(N)CN(C)CCN(C)C. The van der Waals surface area contributed by atoms with Crippen molar-refractivity contribution in [1.82, 2.24) is 9.80 Å². The minimum absolute atomic E-state index is 0.298. The van der Waals surface area contributed by atoms with Crippen LogP contribution in [0, 0.1) is 5.92 Å². The van der Waals surface area contributed by atoms with Crippen molar-refractivity contribution in [3.05, 3.63) is 0 Å². The van der Waals surface area contributed by atoms with Crippen LogP contribution in [0.25, 0.3) is 0 Å². The first-order valence-electron chi connectivity index (χ1n) is 5.02. The van der Waals surface area contributed by atoms with Crippen LogP contribution in [0.3, 0.4) is 0 Å². The van der Waals surface area contributed by atoms with E-state index in [0.29, 0.717) is 12.0 Å². The molecular weight excluding hydrogens is 162 g/mol. The first-order chi connectivity index (χ1) is 5.93. The lowest BCUT2D eigenvalue weighted by Crippen LogP contribution is -2.41. The predicted octanol–water partition coefficient (Wildman–Crippen LogP) is 0.463. The van der Waals surface area contributed by atoms with Gasteiger partial charge in [0.25, 0.3) is 0 Å². The molecule has 0 aromatic heterocycles. The molecule has 2 N–H and O–H groups in total. The van der Waals surface area contributed by atoms with Crippen molar-refractivity contribution in [3.63, 3.8) is 0 Å². The molecule has 0 bridgehead atoms. The van der Waals surface area contributed by atoms with Gasteiger partial charge in [-0.25, -0.2) is 0 Å². The van der Waals surface area contributed by atoms with Crippen molar-refractivity contribution in [2.75, 3.05) is 40.8 Å². The first kappa shape index (κ1) is 12.9. The third kappa shape index (κ3) is 6.99. The van der Waals surface area contributed by atoms with Crippen molar-refractivity contribution in [1.29, 1.82) is 0 Å². The van der Waals surface area contributed by atoms with E-state index in [1.807, 2.05) is 0 Å². The maximum atomic E-state index is 5.97. The maximum absolute atomic E-state index is 5.97. The van der Waals surface area contributed by atoms with E-state index in [9.17, 15) is 0 Å². The molecule has 0 fully saturated rings. The van der Waals surface area contributed by atoms with Gasteiger partial charge in [0.05, 0.1) is 0 Å². The summed E-state index contributed by atoms with van der Waals surface area (Å²) in [5.74, 6) is 0.571. The molecule has 0 spiro atoms. The number of nitrogens with two attached hydrogens (primary N) is 1. The summed E-state index contributed by atoms with van der Waals surface area (Å²) >= 11 is 0. The van der Waals surface area contributed by atoms with Crippen LogP contribution >= 0.6 is 0 Å². The molecule has 80 valence electrons. The Morgan fingerprint density at radius 3 is 2.00 bits per heavy atom. The van der Waals surface area contributed by atoms with Crippen LogP contribution in [0.1, 0.15) is 13.8 Å². The molecule has 3 heteroatoms. The summed E-state index contributed by atoms with van der Waals surface area (Å²) in [7, 11) is 6.32. The Morgan fingerprint density at radius 1 is 1.08 bits per heavy atom. The van der Waals surface area contributed by atoms with E-state index in [-0.39, 0.29) is 0 Å². The second kappa shape index (κ2) is 6.35. The molecule has 0 saturated carbocycles. The fraction of sp³-hybridized carbons (Fsp3) is 1.00. The van der Waals surface area contributed by atoms with Crippen molar-refractivity contribution in [2.24, 2.45) is 11.7 Å². The Kier molecular flexibility index (Phi) is 6.29. The van der Waals surface area contributed by atoms with Gasteiger partial charge in [-0.15, -0.1) is 0 Å². The van der Waals surface area contributed by atoms with E-state index in [0.717, 1.165) is 19.6 Å². The van der Waals surface area contributed by atoms with Crippen LogP contribution in [0.2, 0.25) is 0 Å². The summed E-state index contributed by atoms with van der Waals surface area (Å²) in [6.45, 7) is 7.52. The first-order valence-corrected chi connectivity index (χ1v) is 5.02. The maximum Gasteiger partial charge on any atom is 0.0191 e. The summed E-state index contributed by atoms with van der Waals surface area (Å²) in [5.41, 5.74) is 5.97. The monoisotopic (exact) mass is 187 g/mol. The van der Waals surface area contributed by atoms with Gasteiger partial charge in [-0.1, -0.05) is 13.8 Å². The molecule has 0 aromatic rings. The van der Waals surface area contributed by atoms with Gasteiger partial charge in [0.2, 0.25) is 0 Å². The van der Waals surface area contributed by atoms with Crippen molar-refractivity contribution in [2.45, 2.75) is 19.9 Å². The lowest BCUT2D eigenvalue weighted by Gasteiger charge is -2.24. The van der Waals surface area contributed by atoms with Crippen LogP contribution in [-0.4, -0.2) is 56.6 Å². The number of hydrogen-bond acceptors (Lipinski definition) is 3. The topological polar surface area (TPSA) is 32.5 Å². The second-order valence-corrected chi connectivity index (χ2v) is 4.47. The quantitative estimate of drug-likeness (QED) is 0.656. The fourth-order valence-electron chi connectivity index (χ4n) is 1.03. The highest BCUT2D eigenvalue weighted by Gasteiger charge is 2.10. The third-order valence-corrected chi connectivity index (χ3v) is 2.31. The standard InChI is InChI=1S/C10H25N3/c1-9(2)10(11)8-13(5)7-6-12(3)4/h9-10H,6-8,11H2,1-5H3. The van der Waals surface area contributed by atoms with E-state index < -0.39 is 0 Å². The van der Waals surface area contributed by atoms with Crippen LogP contribution in [0.4, 0.5) is 0 Å². The molecule has 13 heavy (non-hydrogen) atoms. The molecule has 0 aliphatic rings. The number of rotatable bonds is 6. The summed E-state index contributed by atoms with van der Waals surface area (Å²) in [4.78, 5) is 4.49. The van der Waals surface area contributed by atoms with Gasteiger partial charge in [0, 0.05) is 25.7 Å². The van der Waals surface area contributed by atoms with Gasteiger partial charge in [0.15, 0.2) is 0 Å². The van der Waals surface area contributed by atoms with Crippen LogP contribution in [0.5, 0.6) is 0 Å². The average molecular weight is 187 g/mol. The van der Waals surface area contributed by atoms with Gasteiger partial charge in [-0.2, -0.15) is 0 Å². The van der Waals surface area contributed by atoms with E-state index in [1.165, 1.54) is 0 Å². The van der Waals surface area contributed by atoms with Crippen molar-refractivity contribution < 1.29 is 0 Å². The fourth-order valence-corrected chi connectivity index (χ4v) is 1.03. The normalized spacial score (nSPS) is 14.5. The highest BCUT2D eigenvalue weighted by atomic mass is 15.2. The largest absolute Gasteiger partial charge is 0.326 e. The smallest absolute Gasteiger partial charge is 0.0191 e. The molecular formula is C10H25N3. The second-order valence-electron chi connectivity index (χ2n) is 4.47. The van der Waals surface area contributed by atoms with E-state index in [2.05, 4.69) is 44.8 Å². The van der Waals surface area contributed by atoms with Gasteiger partial charge >= 0.3 is 0 Å². The summed E-state index contributed by atoms with van der Waals surface area (Å²) in [5, 5.41) is 0. The molecule has 1 atom stereocenters. The lowest BCUT2D eigenvalue weighted by atomic mass is 10.1. The predicted molar refractivity (Wildman–Crippen MR) is 58.9 cm³/mol. The molecule has 0 saturated heterocycles. The average Bonchev–Trinajstić information content (AvgIpc) is 2.00. The zero-order chi connectivity index (χ0) is 10.4. The summed E-state index contributed by atoms with van der Waals surface area (Å²) in [6, 6.07) is 0.298. The Labute approximate surface area is 82.9 Å². The number of nitrogens with zero attached hydrogens (tertiary/aromatic N) is 2. The molecule has 1 unspecified atom stereocenters. The molecule has 3 nitrogen and oxygen atoms in total. The number of hydrogen-bond donors (Lipinski definition) is 1. The van der Waals surface area contributed by atoms with E-state index in [4.69, 9.17) is 5.73 Å². The van der Waals surface area contributed by atoms with E-state index in [1.54, 1.807) is 0 Å². The minimum Gasteiger partial charge on any atom is -0.326 e. The Morgan fingerprint density at radius 2 is 1.62 bits per heavy atom. The zero-order valence-corrected chi connectivity index (χ0v) is 9.75. The van der Waals surface area contributed by atoms with Gasteiger partial charge in [0.1, 0.15) is 0 Å². The molecule has 0 radical (unpaired) electrons. The highest BCUT2D eigenvalue weighted by molar-refractivity contribution is 4.69. The Hall–Kier alpha value is -0.120. The van der Waals surface area contributed by atoms with Gasteiger partial charge in [-0.3, -0.25) is 0 Å². The van der Waals surface area contributed by atoms with Crippen LogP contribution in [0.15, 0.2) is 0 Å². The van der Waals surface area contributed by atoms with Gasteiger partial charge < -0.3 is 15.5 Å². The molecule has 0 aromatic carbocycles. The molecule has 0 aliphatic heterocycles. The number of likely N-dealkylation sites (N-methyl/N-ethyl adjacent to an activating group) is 2. The van der Waals surface area contributed by atoms with Crippen LogP contribution in [-0.2, 0) is 0 Å². The summed E-state index contributed by atoms with van der Waals surface area (Å²) in [6.07, 6.45) is 0. The molecule has 0 rings (SSSR count). The molecule has 0 aliphatic carbocycles. The zero-order valence-electron chi connectivity index (χ0n) is 9.75. The molecule has 0 amide bonds. The third-order valence-electron chi connectivity index (χ3n) is 2.31. The molecule has 0 heterocycles. The minimum atomic E-state index is 0.298. The van der Waals surface area contributed by atoms with Gasteiger partial charge in [-0.05, 0) is 27.1 Å². The van der Waals surface area contributed by atoms with E-state index >= 15 is 0 Å². The Bertz CT molecular complexity index is 123. The van der Waals surface area contributed by atoms with Crippen molar-refractivity contribution >= 4 is 0 Å². The highest BCUT2D eigenvalue weighted by Crippen LogP contribution is 1.99.